The van der Waals surface area contributed by atoms with Crippen LogP contribution in [0.1, 0.15) is 23.3 Å². The quantitative estimate of drug-likeness (QED) is 0.904. The molecule has 86 valence electrons. The second-order valence-corrected chi connectivity index (χ2v) is 5.47. The Kier molecular flexibility index (Phi) is 4.21. The number of hydrogen-bond donors (Lipinski definition) is 1. The summed E-state index contributed by atoms with van der Waals surface area (Å²) in [4.78, 5) is 1.33. The molecule has 0 fully saturated rings. The first-order valence-electron chi connectivity index (χ1n) is 5.29. The lowest BCUT2D eigenvalue weighted by Gasteiger charge is -1.99. The predicted octanol–water partition coefficient (Wildman–Crippen LogP) is 3.96. The number of furan rings is 1. The molecular weight excluding hydrogens is 286 g/mol. The van der Waals surface area contributed by atoms with Crippen molar-refractivity contribution in [1.29, 1.82) is 0 Å². The van der Waals surface area contributed by atoms with E-state index in [1.807, 2.05) is 12.1 Å². The van der Waals surface area contributed by atoms with Crippen molar-refractivity contribution in [3.63, 3.8) is 0 Å². The molecule has 1 N–H and O–H groups in total. The van der Waals surface area contributed by atoms with Gasteiger partial charge in [-0.25, -0.2) is 0 Å². The molecule has 0 unspecified atom stereocenters. The molecule has 0 aliphatic heterocycles. The minimum atomic E-state index is 0.787. The van der Waals surface area contributed by atoms with Gasteiger partial charge in [-0.05, 0) is 34.1 Å². The highest BCUT2D eigenvalue weighted by atomic mass is 79.9. The van der Waals surface area contributed by atoms with Crippen LogP contribution in [-0.4, -0.2) is 0 Å². The van der Waals surface area contributed by atoms with Crippen molar-refractivity contribution in [3.05, 3.63) is 44.4 Å². The molecule has 0 atom stereocenters. The van der Waals surface area contributed by atoms with Gasteiger partial charge in [-0.3, -0.25) is 0 Å². The van der Waals surface area contributed by atoms with Crippen molar-refractivity contribution in [2.24, 2.45) is 0 Å². The molecule has 0 saturated heterocycles. The molecule has 16 heavy (non-hydrogen) atoms. The van der Waals surface area contributed by atoms with Gasteiger partial charge in [0, 0.05) is 27.7 Å². The van der Waals surface area contributed by atoms with Crippen molar-refractivity contribution in [3.8, 4) is 0 Å². The number of hydrogen-bond acceptors (Lipinski definition) is 3. The summed E-state index contributed by atoms with van der Waals surface area (Å²) in [5.74, 6) is 2.06. The highest BCUT2D eigenvalue weighted by molar-refractivity contribution is 9.10. The van der Waals surface area contributed by atoms with Crippen LogP contribution in [0.4, 0.5) is 0 Å². The van der Waals surface area contributed by atoms with Crippen molar-refractivity contribution in [2.45, 2.75) is 26.4 Å². The molecule has 2 heterocycles. The van der Waals surface area contributed by atoms with E-state index in [9.17, 15) is 0 Å². The van der Waals surface area contributed by atoms with Gasteiger partial charge in [0.1, 0.15) is 11.5 Å². The summed E-state index contributed by atoms with van der Waals surface area (Å²) in [5, 5.41) is 5.46. The first-order chi connectivity index (χ1) is 7.78. The number of thiophene rings is 1. The predicted molar refractivity (Wildman–Crippen MR) is 70.6 cm³/mol. The summed E-state index contributed by atoms with van der Waals surface area (Å²) < 4.78 is 6.76. The van der Waals surface area contributed by atoms with E-state index in [0.29, 0.717) is 0 Å². The minimum absolute atomic E-state index is 0.787. The molecule has 0 spiro atoms. The number of aryl methyl sites for hydroxylation is 1. The lowest BCUT2D eigenvalue weighted by molar-refractivity contribution is 0.451. The van der Waals surface area contributed by atoms with Gasteiger partial charge in [-0.2, -0.15) is 0 Å². The Labute approximate surface area is 108 Å². The second-order valence-electron chi connectivity index (χ2n) is 3.56. The number of nitrogens with one attached hydrogen (secondary N) is 1. The summed E-state index contributed by atoms with van der Waals surface area (Å²) in [7, 11) is 0. The van der Waals surface area contributed by atoms with E-state index in [2.05, 4.69) is 39.6 Å². The van der Waals surface area contributed by atoms with E-state index in [0.717, 1.165) is 35.5 Å². The van der Waals surface area contributed by atoms with Crippen LogP contribution in [0.2, 0.25) is 0 Å². The Bertz CT molecular complexity index is 449. The van der Waals surface area contributed by atoms with E-state index in [-0.39, 0.29) is 0 Å². The molecule has 0 amide bonds. The first kappa shape index (κ1) is 11.9. The molecule has 0 radical (unpaired) electrons. The van der Waals surface area contributed by atoms with Gasteiger partial charge < -0.3 is 9.73 Å². The average molecular weight is 300 g/mol. The highest BCUT2D eigenvalue weighted by Gasteiger charge is 2.01. The maximum Gasteiger partial charge on any atom is 0.117 e. The third kappa shape index (κ3) is 3.20. The molecule has 2 rings (SSSR count). The van der Waals surface area contributed by atoms with Gasteiger partial charge in [0.05, 0.1) is 6.54 Å². The van der Waals surface area contributed by atoms with Crippen LogP contribution in [0.3, 0.4) is 0 Å². The third-order valence-electron chi connectivity index (χ3n) is 2.29. The average Bonchev–Trinajstić information content (AvgIpc) is 2.88. The maximum absolute atomic E-state index is 5.61. The Morgan fingerprint density at radius 2 is 2.12 bits per heavy atom. The van der Waals surface area contributed by atoms with Gasteiger partial charge in [0.2, 0.25) is 0 Å². The van der Waals surface area contributed by atoms with Gasteiger partial charge >= 0.3 is 0 Å². The largest absolute Gasteiger partial charge is 0.465 e. The van der Waals surface area contributed by atoms with Crippen LogP contribution in [0, 0.1) is 0 Å². The Balaban J connectivity index is 1.79. The summed E-state index contributed by atoms with van der Waals surface area (Å²) in [6, 6.07) is 6.21. The molecule has 0 bridgehead atoms. The van der Waals surface area contributed by atoms with Crippen molar-refractivity contribution >= 4 is 27.3 Å². The molecule has 2 aromatic heterocycles. The van der Waals surface area contributed by atoms with Crippen LogP contribution in [0.25, 0.3) is 0 Å². The lowest BCUT2D eigenvalue weighted by atomic mass is 10.3. The molecule has 2 aromatic rings. The Morgan fingerprint density at radius 3 is 2.75 bits per heavy atom. The van der Waals surface area contributed by atoms with Crippen molar-refractivity contribution < 1.29 is 4.42 Å². The summed E-state index contributed by atoms with van der Waals surface area (Å²) in [5.41, 5.74) is 0. The van der Waals surface area contributed by atoms with Crippen LogP contribution in [0.15, 0.2) is 32.5 Å². The fraction of sp³-hybridized carbons (Fsp3) is 0.333. The van der Waals surface area contributed by atoms with E-state index < -0.39 is 0 Å². The molecule has 0 aliphatic rings. The van der Waals surface area contributed by atoms with Crippen molar-refractivity contribution in [1.82, 2.24) is 5.32 Å². The fourth-order valence-electron chi connectivity index (χ4n) is 1.46. The van der Waals surface area contributed by atoms with Gasteiger partial charge in [0.15, 0.2) is 0 Å². The molecule has 2 nitrogen and oxygen atoms in total. The summed E-state index contributed by atoms with van der Waals surface area (Å²) in [6.07, 6.45) is 0.956. The van der Waals surface area contributed by atoms with E-state index >= 15 is 0 Å². The zero-order valence-corrected chi connectivity index (χ0v) is 11.5. The zero-order chi connectivity index (χ0) is 11.4. The number of rotatable bonds is 5. The molecule has 0 aromatic carbocycles. The topological polar surface area (TPSA) is 25.2 Å². The highest BCUT2D eigenvalue weighted by Crippen LogP contribution is 2.19. The first-order valence-corrected chi connectivity index (χ1v) is 6.96. The Hall–Kier alpha value is -0.580. The fourth-order valence-corrected chi connectivity index (χ4v) is 2.88. The maximum atomic E-state index is 5.61. The van der Waals surface area contributed by atoms with E-state index in [1.165, 1.54) is 4.88 Å². The molecule has 4 heteroatoms. The van der Waals surface area contributed by atoms with E-state index in [4.69, 9.17) is 4.42 Å². The minimum Gasteiger partial charge on any atom is -0.465 e. The molecule has 0 aliphatic carbocycles. The standard InChI is InChI=1S/C12H14BrNOS/c1-2-10-3-4-11(15-10)6-14-7-12-5-9(13)8-16-12/h3-5,8,14H,2,6-7H2,1H3. The normalized spacial score (nSPS) is 10.9. The summed E-state index contributed by atoms with van der Waals surface area (Å²) >= 11 is 5.20. The van der Waals surface area contributed by atoms with Crippen LogP contribution >= 0.6 is 27.3 Å². The molecule has 0 saturated carbocycles. The smallest absolute Gasteiger partial charge is 0.117 e. The van der Waals surface area contributed by atoms with Crippen molar-refractivity contribution in [2.75, 3.05) is 0 Å². The van der Waals surface area contributed by atoms with Gasteiger partial charge in [-0.15, -0.1) is 11.3 Å². The lowest BCUT2D eigenvalue weighted by Crippen LogP contribution is -2.10. The van der Waals surface area contributed by atoms with Crippen LogP contribution < -0.4 is 5.32 Å². The summed E-state index contributed by atoms with van der Waals surface area (Å²) in [6.45, 7) is 3.77. The SMILES string of the molecule is CCc1ccc(CNCc2cc(Br)cs2)o1. The molecular formula is C12H14BrNOS. The van der Waals surface area contributed by atoms with Gasteiger partial charge in [-0.1, -0.05) is 6.92 Å². The zero-order valence-electron chi connectivity index (χ0n) is 9.13. The monoisotopic (exact) mass is 299 g/mol. The second kappa shape index (κ2) is 5.66. The van der Waals surface area contributed by atoms with Crippen LogP contribution in [0.5, 0.6) is 0 Å². The number of halogens is 1. The van der Waals surface area contributed by atoms with Gasteiger partial charge in [0.25, 0.3) is 0 Å². The van der Waals surface area contributed by atoms with E-state index in [1.54, 1.807) is 11.3 Å². The van der Waals surface area contributed by atoms with Crippen LogP contribution in [-0.2, 0) is 19.5 Å². The Morgan fingerprint density at radius 1 is 1.31 bits per heavy atom. The third-order valence-corrected chi connectivity index (χ3v) is 3.98.